The highest BCUT2D eigenvalue weighted by Gasteiger charge is 2.23. The van der Waals surface area contributed by atoms with Gasteiger partial charge in [-0.25, -0.2) is 14.5 Å². The van der Waals surface area contributed by atoms with Gasteiger partial charge in [0.15, 0.2) is 5.82 Å². The average molecular weight is 508 g/mol. The van der Waals surface area contributed by atoms with Gasteiger partial charge in [-0.2, -0.15) is 20.7 Å². The van der Waals surface area contributed by atoms with E-state index in [1.807, 2.05) is 36.4 Å². The van der Waals surface area contributed by atoms with Crippen LogP contribution in [0, 0.1) is 22.7 Å². The SMILES string of the molecule is COc1ccc(Cn2cc(-n3c([C@H](C)Nc4ncnc(N)c4C#N)nn4ccc(C#N)c4c3=O)cn2)cc1. The number of aromatic nitrogens is 7. The number of hydrogen-bond donors (Lipinski definition) is 2. The van der Waals surface area contributed by atoms with Crippen LogP contribution in [0.3, 0.4) is 0 Å². The second-order valence-electron chi connectivity index (χ2n) is 8.34. The van der Waals surface area contributed by atoms with E-state index in [0.717, 1.165) is 11.3 Å². The first kappa shape index (κ1) is 24.0. The molecule has 0 aliphatic heterocycles. The van der Waals surface area contributed by atoms with E-state index >= 15 is 0 Å². The molecule has 1 aromatic carbocycles. The molecule has 0 aliphatic rings. The molecule has 0 fully saturated rings. The van der Waals surface area contributed by atoms with Crippen molar-refractivity contribution in [3.05, 3.63) is 88.1 Å². The Labute approximate surface area is 216 Å². The summed E-state index contributed by atoms with van der Waals surface area (Å²) in [5.41, 5.74) is 7.23. The quantitative estimate of drug-likeness (QED) is 0.331. The van der Waals surface area contributed by atoms with Gasteiger partial charge in [-0.1, -0.05) is 12.1 Å². The summed E-state index contributed by atoms with van der Waals surface area (Å²) in [6.45, 7) is 2.22. The number of anilines is 2. The fraction of sp³-hybridized carbons (Fsp3) is 0.160. The van der Waals surface area contributed by atoms with Crippen LogP contribution in [-0.2, 0) is 6.54 Å². The molecule has 13 heteroatoms. The zero-order chi connectivity index (χ0) is 26.8. The lowest BCUT2D eigenvalue weighted by atomic mass is 10.2. The van der Waals surface area contributed by atoms with Crippen LogP contribution < -0.4 is 21.3 Å². The number of hydrogen-bond acceptors (Lipinski definition) is 10. The van der Waals surface area contributed by atoms with Crippen molar-refractivity contribution >= 4 is 17.2 Å². The van der Waals surface area contributed by atoms with Crippen molar-refractivity contribution < 1.29 is 4.74 Å². The molecule has 5 rings (SSSR count). The highest BCUT2D eigenvalue weighted by atomic mass is 16.5. The van der Waals surface area contributed by atoms with E-state index in [1.165, 1.54) is 21.5 Å². The standard InChI is InChI=1S/C25H21N11O2/c1-15(32-23-20(10-27)22(28)29-14-30-23)24-33-35-8-7-17(9-26)21(35)25(37)36(24)18-11-31-34(13-18)12-16-3-5-19(38-2)6-4-16/h3-8,11,13-15H,12H2,1-2H3,(H3,28,29,30,32)/t15-/m0/s1. The van der Waals surface area contributed by atoms with Gasteiger partial charge in [-0.3, -0.25) is 14.0 Å². The Balaban J connectivity index is 1.59. The van der Waals surface area contributed by atoms with Gasteiger partial charge in [0, 0.05) is 12.4 Å². The van der Waals surface area contributed by atoms with Crippen molar-refractivity contribution in [2.45, 2.75) is 19.5 Å². The minimum absolute atomic E-state index is 0.0295. The molecule has 4 aromatic heterocycles. The molecule has 38 heavy (non-hydrogen) atoms. The predicted molar refractivity (Wildman–Crippen MR) is 137 cm³/mol. The number of nitrogens with two attached hydrogens (primary N) is 1. The Kier molecular flexibility index (Phi) is 6.17. The molecular formula is C25H21N11O2. The molecule has 0 saturated heterocycles. The fourth-order valence-electron chi connectivity index (χ4n) is 4.06. The van der Waals surface area contributed by atoms with E-state index in [1.54, 1.807) is 37.3 Å². The Morgan fingerprint density at radius 3 is 2.66 bits per heavy atom. The minimum Gasteiger partial charge on any atom is -0.497 e. The first-order chi connectivity index (χ1) is 18.4. The van der Waals surface area contributed by atoms with E-state index in [-0.39, 0.29) is 28.3 Å². The third-order valence-electron chi connectivity index (χ3n) is 5.94. The van der Waals surface area contributed by atoms with Crippen molar-refractivity contribution in [2.75, 3.05) is 18.2 Å². The van der Waals surface area contributed by atoms with Crippen LogP contribution in [-0.4, -0.2) is 41.0 Å². The number of fused-ring (bicyclic) bond motifs is 1. The van der Waals surface area contributed by atoms with Crippen LogP contribution in [0.4, 0.5) is 11.6 Å². The average Bonchev–Trinajstić information content (AvgIpc) is 3.56. The molecule has 0 amide bonds. The van der Waals surface area contributed by atoms with E-state index < -0.39 is 11.6 Å². The predicted octanol–water partition coefficient (Wildman–Crippen LogP) is 2.03. The minimum atomic E-state index is -0.619. The molecule has 0 spiro atoms. The number of nitriles is 2. The maximum absolute atomic E-state index is 13.7. The fourth-order valence-corrected chi connectivity index (χ4v) is 4.06. The molecule has 0 radical (unpaired) electrons. The number of nitrogen functional groups attached to an aromatic ring is 1. The first-order valence-electron chi connectivity index (χ1n) is 11.4. The highest BCUT2D eigenvalue weighted by molar-refractivity contribution is 5.63. The molecule has 3 N–H and O–H groups in total. The largest absolute Gasteiger partial charge is 0.497 e. The summed E-state index contributed by atoms with van der Waals surface area (Å²) in [5.74, 6) is 1.28. The summed E-state index contributed by atoms with van der Waals surface area (Å²) in [6.07, 6.45) is 6.06. The smallest absolute Gasteiger partial charge is 0.284 e. The van der Waals surface area contributed by atoms with Gasteiger partial charge in [0.25, 0.3) is 5.56 Å². The Bertz CT molecular complexity index is 1790. The summed E-state index contributed by atoms with van der Waals surface area (Å²) in [5, 5.41) is 31.2. The second kappa shape index (κ2) is 9.75. The summed E-state index contributed by atoms with van der Waals surface area (Å²) in [4.78, 5) is 21.7. The lowest BCUT2D eigenvalue weighted by Crippen LogP contribution is -2.29. The topological polar surface area (TPSA) is 178 Å². The van der Waals surface area contributed by atoms with Gasteiger partial charge in [-0.15, -0.1) is 0 Å². The van der Waals surface area contributed by atoms with Crippen molar-refractivity contribution in [2.24, 2.45) is 0 Å². The zero-order valence-corrected chi connectivity index (χ0v) is 20.4. The second-order valence-corrected chi connectivity index (χ2v) is 8.34. The van der Waals surface area contributed by atoms with Crippen molar-refractivity contribution in [3.63, 3.8) is 0 Å². The molecule has 0 aliphatic carbocycles. The third-order valence-corrected chi connectivity index (χ3v) is 5.94. The van der Waals surface area contributed by atoms with Crippen LogP contribution in [0.15, 0.2) is 60.0 Å². The van der Waals surface area contributed by atoms with Crippen LogP contribution in [0.5, 0.6) is 5.75 Å². The van der Waals surface area contributed by atoms with Gasteiger partial charge >= 0.3 is 0 Å². The van der Waals surface area contributed by atoms with Gasteiger partial charge in [-0.05, 0) is 30.7 Å². The lowest BCUT2D eigenvalue weighted by molar-refractivity contribution is 0.414. The number of nitrogens with zero attached hydrogens (tertiary/aromatic N) is 9. The molecule has 188 valence electrons. The number of benzene rings is 1. The first-order valence-corrected chi connectivity index (χ1v) is 11.4. The Hall–Kier alpha value is -5.69. The van der Waals surface area contributed by atoms with Crippen LogP contribution in [0.2, 0.25) is 0 Å². The van der Waals surface area contributed by atoms with Crippen LogP contribution in [0.1, 0.15) is 35.5 Å². The van der Waals surface area contributed by atoms with Gasteiger partial charge in [0.2, 0.25) is 0 Å². The molecule has 0 unspecified atom stereocenters. The lowest BCUT2D eigenvalue weighted by Gasteiger charge is -2.19. The molecule has 5 aromatic rings. The zero-order valence-electron chi connectivity index (χ0n) is 20.4. The summed E-state index contributed by atoms with van der Waals surface area (Å²) >= 11 is 0. The van der Waals surface area contributed by atoms with Gasteiger partial charge in [0.1, 0.15) is 46.9 Å². The number of methoxy groups -OCH3 is 1. The molecule has 0 bridgehead atoms. The number of rotatable bonds is 7. The van der Waals surface area contributed by atoms with Gasteiger partial charge < -0.3 is 15.8 Å². The molecule has 1 atom stereocenters. The summed E-state index contributed by atoms with van der Waals surface area (Å²) in [7, 11) is 1.61. The van der Waals surface area contributed by atoms with Crippen LogP contribution in [0.25, 0.3) is 11.2 Å². The van der Waals surface area contributed by atoms with E-state index in [4.69, 9.17) is 10.5 Å². The maximum atomic E-state index is 13.7. The molecule has 4 heterocycles. The maximum Gasteiger partial charge on any atom is 0.284 e. The van der Waals surface area contributed by atoms with Crippen molar-refractivity contribution in [1.29, 1.82) is 10.5 Å². The number of ether oxygens (including phenoxy) is 1. The summed E-state index contributed by atoms with van der Waals surface area (Å²) < 4.78 is 9.66. The Morgan fingerprint density at radius 2 is 1.95 bits per heavy atom. The Morgan fingerprint density at radius 1 is 1.16 bits per heavy atom. The highest BCUT2D eigenvalue weighted by Crippen LogP contribution is 2.23. The van der Waals surface area contributed by atoms with Crippen LogP contribution >= 0.6 is 0 Å². The third kappa shape index (κ3) is 4.25. The van der Waals surface area contributed by atoms with Crippen molar-refractivity contribution in [1.82, 2.24) is 33.9 Å². The van der Waals surface area contributed by atoms with E-state index in [9.17, 15) is 15.3 Å². The molecular weight excluding hydrogens is 486 g/mol. The number of nitrogens with one attached hydrogen (secondary N) is 1. The van der Waals surface area contributed by atoms with Crippen molar-refractivity contribution in [3.8, 4) is 23.6 Å². The normalized spacial score (nSPS) is 11.6. The summed E-state index contributed by atoms with van der Waals surface area (Å²) in [6, 6.07) is 12.5. The molecule has 13 nitrogen and oxygen atoms in total. The van der Waals surface area contributed by atoms with Gasteiger partial charge in [0.05, 0.1) is 37.1 Å². The van der Waals surface area contributed by atoms with E-state index in [0.29, 0.717) is 18.1 Å². The monoisotopic (exact) mass is 507 g/mol. The molecule has 0 saturated carbocycles. The van der Waals surface area contributed by atoms with E-state index in [2.05, 4.69) is 25.5 Å².